The largest absolute Gasteiger partial charge is 0.488 e. The van der Waals surface area contributed by atoms with Crippen LogP contribution in [0.2, 0.25) is 0 Å². The fraction of sp³-hybridized carbons (Fsp3) is 0.300. The van der Waals surface area contributed by atoms with Gasteiger partial charge in [0.2, 0.25) is 0 Å². The minimum atomic E-state index is 0.515. The Hall–Kier alpha value is -1.55. The number of hydrogen-bond donors (Lipinski definition) is 1. The smallest absolute Gasteiger partial charge is 0.179 e. The number of ether oxygens (including phenoxy) is 1. The van der Waals surface area contributed by atoms with E-state index in [1.165, 1.54) is 0 Å². The third kappa shape index (κ3) is 1.56. The number of aromatic nitrogens is 2. The van der Waals surface area contributed by atoms with E-state index in [1.54, 1.807) is 0 Å². The Morgan fingerprint density at radius 2 is 2.43 bits per heavy atom. The number of nitrogens with zero attached hydrogens (tertiary/aromatic N) is 2. The Kier molecular flexibility index (Phi) is 2.37. The molecule has 14 heavy (non-hydrogen) atoms. The normalized spacial score (nSPS) is 10.7. The summed E-state index contributed by atoms with van der Waals surface area (Å²) < 4.78 is 7.42. The average molecular weight is 191 g/mol. The second kappa shape index (κ2) is 3.67. The van der Waals surface area contributed by atoms with E-state index in [1.807, 2.05) is 35.9 Å². The number of imidazole rings is 1. The first kappa shape index (κ1) is 9.02. The maximum Gasteiger partial charge on any atom is 0.179 e. The highest BCUT2D eigenvalue weighted by Crippen LogP contribution is 2.18. The summed E-state index contributed by atoms with van der Waals surface area (Å²) in [6.07, 6.45) is 3.91. The maximum absolute atomic E-state index is 5.47. The molecule has 0 aliphatic carbocycles. The fourth-order valence-electron chi connectivity index (χ4n) is 1.39. The molecule has 2 rings (SSSR count). The third-order valence-electron chi connectivity index (χ3n) is 1.94. The molecule has 0 aromatic carbocycles. The second-order valence-corrected chi connectivity index (χ2v) is 3.12. The highest BCUT2D eigenvalue weighted by atomic mass is 16.5. The number of pyridine rings is 1. The van der Waals surface area contributed by atoms with Crippen molar-refractivity contribution in [2.75, 3.05) is 13.2 Å². The van der Waals surface area contributed by atoms with Crippen molar-refractivity contribution in [1.29, 1.82) is 0 Å². The van der Waals surface area contributed by atoms with Crippen LogP contribution in [0.5, 0.6) is 5.75 Å². The minimum absolute atomic E-state index is 0.515. The van der Waals surface area contributed by atoms with Gasteiger partial charge in [0.25, 0.3) is 0 Å². The van der Waals surface area contributed by atoms with Gasteiger partial charge < -0.3 is 14.9 Å². The lowest BCUT2D eigenvalue weighted by molar-refractivity contribution is 0.330. The number of hydrogen-bond acceptors (Lipinski definition) is 3. The topological polar surface area (TPSA) is 52.5 Å². The van der Waals surface area contributed by atoms with Gasteiger partial charge >= 0.3 is 0 Å². The molecule has 0 unspecified atom stereocenters. The lowest BCUT2D eigenvalue weighted by Crippen LogP contribution is -2.11. The minimum Gasteiger partial charge on any atom is -0.488 e. The molecule has 2 aromatic heterocycles. The third-order valence-corrected chi connectivity index (χ3v) is 1.94. The van der Waals surface area contributed by atoms with Crippen molar-refractivity contribution in [1.82, 2.24) is 9.38 Å². The molecule has 0 saturated heterocycles. The summed E-state index contributed by atoms with van der Waals surface area (Å²) in [5.74, 6) is 0.783. The van der Waals surface area contributed by atoms with Gasteiger partial charge in [0, 0.05) is 18.9 Å². The van der Waals surface area contributed by atoms with Crippen molar-refractivity contribution in [3.63, 3.8) is 0 Å². The zero-order chi connectivity index (χ0) is 9.97. The molecular weight excluding hydrogens is 178 g/mol. The van der Waals surface area contributed by atoms with Crippen LogP contribution in [0.15, 0.2) is 24.5 Å². The molecule has 0 aliphatic rings. The zero-order valence-corrected chi connectivity index (χ0v) is 8.10. The molecular formula is C10H13N3O. The molecule has 2 aromatic rings. The molecule has 0 atom stereocenters. The summed E-state index contributed by atoms with van der Waals surface area (Å²) >= 11 is 0. The van der Waals surface area contributed by atoms with E-state index in [0.29, 0.717) is 13.2 Å². The van der Waals surface area contributed by atoms with Crippen molar-refractivity contribution < 1.29 is 4.74 Å². The SMILES string of the molecule is Cc1cn2cccc(OCCN)c2n1. The van der Waals surface area contributed by atoms with Crippen LogP contribution in [-0.4, -0.2) is 22.5 Å². The molecule has 2 heterocycles. The van der Waals surface area contributed by atoms with Crippen LogP contribution in [0.4, 0.5) is 0 Å². The monoisotopic (exact) mass is 191 g/mol. The summed E-state index contributed by atoms with van der Waals surface area (Å²) in [4.78, 5) is 4.36. The Bertz CT molecular complexity index is 436. The Balaban J connectivity index is 2.42. The van der Waals surface area contributed by atoms with E-state index in [9.17, 15) is 0 Å². The Morgan fingerprint density at radius 1 is 1.57 bits per heavy atom. The summed E-state index contributed by atoms with van der Waals surface area (Å²) in [7, 11) is 0. The molecule has 0 saturated carbocycles. The van der Waals surface area contributed by atoms with E-state index in [2.05, 4.69) is 4.98 Å². The quantitative estimate of drug-likeness (QED) is 0.786. The lowest BCUT2D eigenvalue weighted by atomic mass is 10.4. The summed E-state index contributed by atoms with van der Waals surface area (Å²) in [6.45, 7) is 2.99. The predicted molar refractivity (Wildman–Crippen MR) is 54.5 cm³/mol. The van der Waals surface area contributed by atoms with Gasteiger partial charge in [0.15, 0.2) is 11.4 Å². The van der Waals surface area contributed by atoms with Crippen molar-refractivity contribution in [3.05, 3.63) is 30.2 Å². The van der Waals surface area contributed by atoms with Gasteiger partial charge in [-0.1, -0.05) is 0 Å². The average Bonchev–Trinajstić information content (AvgIpc) is 2.55. The van der Waals surface area contributed by atoms with E-state index in [4.69, 9.17) is 10.5 Å². The van der Waals surface area contributed by atoms with Crippen LogP contribution in [0.3, 0.4) is 0 Å². The number of nitrogens with two attached hydrogens (primary N) is 1. The van der Waals surface area contributed by atoms with Gasteiger partial charge in [0.1, 0.15) is 6.61 Å². The van der Waals surface area contributed by atoms with Gasteiger partial charge in [-0.25, -0.2) is 4.98 Å². The molecule has 0 aliphatic heterocycles. The molecule has 0 bridgehead atoms. The fourth-order valence-corrected chi connectivity index (χ4v) is 1.39. The van der Waals surface area contributed by atoms with E-state index < -0.39 is 0 Å². The molecule has 4 heteroatoms. The number of rotatable bonds is 3. The molecule has 4 nitrogen and oxygen atoms in total. The first-order chi connectivity index (χ1) is 6.81. The first-order valence-corrected chi connectivity index (χ1v) is 4.58. The standard InChI is InChI=1S/C10H13N3O/c1-8-7-13-5-2-3-9(10(13)12-8)14-6-4-11/h2-3,5,7H,4,6,11H2,1H3. The summed E-state index contributed by atoms with van der Waals surface area (Å²) in [6, 6.07) is 3.83. The van der Waals surface area contributed by atoms with Crippen LogP contribution in [-0.2, 0) is 0 Å². The lowest BCUT2D eigenvalue weighted by Gasteiger charge is -2.04. The highest BCUT2D eigenvalue weighted by Gasteiger charge is 2.03. The van der Waals surface area contributed by atoms with E-state index in [-0.39, 0.29) is 0 Å². The van der Waals surface area contributed by atoms with Gasteiger partial charge in [-0.3, -0.25) is 0 Å². The second-order valence-electron chi connectivity index (χ2n) is 3.12. The molecule has 0 spiro atoms. The van der Waals surface area contributed by atoms with Crippen LogP contribution in [0, 0.1) is 6.92 Å². The van der Waals surface area contributed by atoms with E-state index >= 15 is 0 Å². The number of aryl methyl sites for hydroxylation is 1. The van der Waals surface area contributed by atoms with Gasteiger partial charge in [-0.2, -0.15) is 0 Å². The first-order valence-electron chi connectivity index (χ1n) is 4.58. The molecule has 2 N–H and O–H groups in total. The van der Waals surface area contributed by atoms with Crippen LogP contribution in [0.25, 0.3) is 5.65 Å². The zero-order valence-electron chi connectivity index (χ0n) is 8.10. The Labute approximate surface area is 82.3 Å². The van der Waals surface area contributed by atoms with E-state index in [0.717, 1.165) is 17.1 Å². The van der Waals surface area contributed by atoms with Crippen molar-refractivity contribution in [2.24, 2.45) is 5.73 Å². The molecule has 0 fully saturated rings. The summed E-state index contributed by atoms with van der Waals surface area (Å²) in [5, 5.41) is 0. The van der Waals surface area contributed by atoms with Crippen molar-refractivity contribution >= 4 is 5.65 Å². The van der Waals surface area contributed by atoms with Gasteiger partial charge in [-0.15, -0.1) is 0 Å². The van der Waals surface area contributed by atoms with Crippen molar-refractivity contribution in [3.8, 4) is 5.75 Å². The van der Waals surface area contributed by atoms with Crippen molar-refractivity contribution in [2.45, 2.75) is 6.92 Å². The van der Waals surface area contributed by atoms with Gasteiger partial charge in [0.05, 0.1) is 5.69 Å². The number of fused-ring (bicyclic) bond motifs is 1. The molecule has 74 valence electrons. The van der Waals surface area contributed by atoms with Crippen LogP contribution in [0.1, 0.15) is 5.69 Å². The predicted octanol–water partition coefficient (Wildman–Crippen LogP) is 0.980. The van der Waals surface area contributed by atoms with Crippen LogP contribution >= 0.6 is 0 Å². The van der Waals surface area contributed by atoms with Gasteiger partial charge in [-0.05, 0) is 19.1 Å². The van der Waals surface area contributed by atoms with Crippen LogP contribution < -0.4 is 10.5 Å². The molecule has 0 amide bonds. The Morgan fingerprint density at radius 3 is 3.21 bits per heavy atom. The highest BCUT2D eigenvalue weighted by molar-refractivity contribution is 5.54. The maximum atomic E-state index is 5.47. The molecule has 0 radical (unpaired) electrons. The summed E-state index contributed by atoms with van der Waals surface area (Å²) in [5.41, 5.74) is 7.20.